The zero-order valence-electron chi connectivity index (χ0n) is 12.5. The van der Waals surface area contributed by atoms with Crippen LogP contribution >= 0.6 is 0 Å². The molecule has 0 fully saturated rings. The summed E-state index contributed by atoms with van der Waals surface area (Å²) < 4.78 is 5.23. The third kappa shape index (κ3) is 2.16. The number of carbonyl (C=O) groups is 2. The van der Waals surface area contributed by atoms with Crippen molar-refractivity contribution in [1.82, 2.24) is 0 Å². The molecule has 1 aliphatic heterocycles. The van der Waals surface area contributed by atoms with Gasteiger partial charge in [0.1, 0.15) is 17.1 Å². The van der Waals surface area contributed by atoms with Gasteiger partial charge in [-0.15, -0.1) is 0 Å². The summed E-state index contributed by atoms with van der Waals surface area (Å²) in [5.74, 6) is -0.868. The second-order valence-electron chi connectivity index (χ2n) is 5.49. The van der Waals surface area contributed by atoms with Crippen molar-refractivity contribution in [1.29, 1.82) is 0 Å². The number of phenolic OH excluding ortho intramolecular Hbond substituents is 1. The van der Waals surface area contributed by atoms with Crippen molar-refractivity contribution in [3.05, 3.63) is 77.4 Å². The van der Waals surface area contributed by atoms with Gasteiger partial charge in [0.15, 0.2) is 0 Å². The highest BCUT2D eigenvalue weighted by molar-refractivity contribution is 6.30. The summed E-state index contributed by atoms with van der Waals surface area (Å²) in [5.41, 5.74) is 0.663. The highest BCUT2D eigenvalue weighted by Crippen LogP contribution is 2.33. The maximum Gasteiger partial charge on any atom is 0.347 e. The summed E-state index contributed by atoms with van der Waals surface area (Å²) in [6, 6.07) is 17.4. The van der Waals surface area contributed by atoms with Gasteiger partial charge in [-0.3, -0.25) is 4.79 Å². The number of ketones is 1. The minimum absolute atomic E-state index is 0.000610. The summed E-state index contributed by atoms with van der Waals surface area (Å²) in [4.78, 5) is 24.9. The summed E-state index contributed by atoms with van der Waals surface area (Å²) in [6.07, 6.45) is 1.40. The quantitative estimate of drug-likeness (QED) is 0.321. The maximum atomic E-state index is 12.6. The van der Waals surface area contributed by atoms with E-state index in [1.165, 1.54) is 6.08 Å². The molecule has 4 rings (SSSR count). The van der Waals surface area contributed by atoms with E-state index in [-0.39, 0.29) is 17.1 Å². The van der Waals surface area contributed by atoms with Gasteiger partial charge < -0.3 is 9.84 Å². The predicted octanol–water partition coefficient (Wildman–Crippen LogP) is 3.73. The number of benzene rings is 3. The molecule has 0 atom stereocenters. The molecule has 24 heavy (non-hydrogen) atoms. The largest absolute Gasteiger partial charge is 0.507 e. The lowest BCUT2D eigenvalue weighted by molar-refractivity contribution is -0.130. The smallest absolute Gasteiger partial charge is 0.347 e. The summed E-state index contributed by atoms with van der Waals surface area (Å²) in [5, 5.41) is 11.9. The fourth-order valence-electron chi connectivity index (χ4n) is 2.84. The highest BCUT2D eigenvalue weighted by Gasteiger charge is 2.30. The number of esters is 1. The molecule has 0 bridgehead atoms. The van der Waals surface area contributed by atoms with Crippen molar-refractivity contribution < 1.29 is 19.4 Å². The lowest BCUT2D eigenvalue weighted by Gasteiger charge is -2.17. The Hall–Kier alpha value is -3.40. The van der Waals surface area contributed by atoms with Crippen LogP contribution in [0.5, 0.6) is 11.5 Å². The SMILES string of the molecule is O=C1Oc2ccccc2C(=O)/C1=C/c1c(O)ccc2ccccc12. The first-order chi connectivity index (χ1) is 11.6. The summed E-state index contributed by atoms with van der Waals surface area (Å²) >= 11 is 0. The van der Waals surface area contributed by atoms with Crippen LogP contribution in [0, 0.1) is 0 Å². The van der Waals surface area contributed by atoms with E-state index in [1.54, 1.807) is 36.4 Å². The number of Topliss-reactive ketones (excluding diaryl/α,β-unsaturated/α-hetero) is 1. The Labute approximate surface area is 137 Å². The molecule has 1 heterocycles. The van der Waals surface area contributed by atoms with E-state index < -0.39 is 11.8 Å². The van der Waals surface area contributed by atoms with E-state index in [4.69, 9.17) is 4.74 Å². The molecule has 0 radical (unpaired) electrons. The Morgan fingerprint density at radius 1 is 0.875 bits per heavy atom. The van der Waals surface area contributed by atoms with Gasteiger partial charge in [0.25, 0.3) is 0 Å². The van der Waals surface area contributed by atoms with E-state index in [2.05, 4.69) is 0 Å². The van der Waals surface area contributed by atoms with Gasteiger partial charge in [-0.05, 0) is 35.0 Å². The molecule has 0 aromatic heterocycles. The number of para-hydroxylation sites is 1. The third-order valence-corrected chi connectivity index (χ3v) is 4.04. The normalized spacial score (nSPS) is 15.4. The molecule has 3 aromatic carbocycles. The van der Waals surface area contributed by atoms with Gasteiger partial charge in [-0.1, -0.05) is 42.5 Å². The molecule has 116 valence electrons. The zero-order chi connectivity index (χ0) is 16.7. The van der Waals surface area contributed by atoms with Gasteiger partial charge in [0, 0.05) is 5.56 Å². The van der Waals surface area contributed by atoms with Crippen LogP contribution < -0.4 is 4.74 Å². The topological polar surface area (TPSA) is 63.6 Å². The average molecular weight is 316 g/mol. The van der Waals surface area contributed by atoms with Gasteiger partial charge >= 0.3 is 5.97 Å². The van der Waals surface area contributed by atoms with E-state index in [9.17, 15) is 14.7 Å². The molecule has 1 aliphatic rings. The van der Waals surface area contributed by atoms with Crippen LogP contribution in [0.15, 0.2) is 66.2 Å². The van der Waals surface area contributed by atoms with Crippen molar-refractivity contribution in [3.63, 3.8) is 0 Å². The number of rotatable bonds is 1. The molecule has 0 amide bonds. The number of ether oxygens (including phenoxy) is 1. The molecule has 4 nitrogen and oxygen atoms in total. The molecule has 0 aliphatic carbocycles. The van der Waals surface area contributed by atoms with E-state index in [0.717, 1.165) is 10.8 Å². The number of aromatic hydroxyl groups is 1. The standard InChI is InChI=1S/C20H12O4/c21-17-10-9-12-5-1-2-6-13(12)15(17)11-16-19(22)14-7-3-4-8-18(14)24-20(16)23/h1-11,21H/b16-11-. The molecule has 1 N–H and O–H groups in total. The Morgan fingerprint density at radius 2 is 1.62 bits per heavy atom. The van der Waals surface area contributed by atoms with Crippen LogP contribution in [0.3, 0.4) is 0 Å². The second-order valence-corrected chi connectivity index (χ2v) is 5.49. The molecule has 0 unspecified atom stereocenters. The number of phenols is 1. The van der Waals surface area contributed by atoms with Crippen LogP contribution in [-0.2, 0) is 4.79 Å². The molecular formula is C20H12O4. The van der Waals surface area contributed by atoms with Crippen molar-refractivity contribution in [2.45, 2.75) is 0 Å². The first-order valence-electron chi connectivity index (χ1n) is 7.43. The molecule has 0 spiro atoms. The van der Waals surface area contributed by atoms with Crippen molar-refractivity contribution in [2.75, 3.05) is 0 Å². The van der Waals surface area contributed by atoms with Gasteiger partial charge in [0.2, 0.25) is 5.78 Å². The molecule has 0 saturated heterocycles. The van der Waals surface area contributed by atoms with Crippen LogP contribution in [-0.4, -0.2) is 16.9 Å². The fraction of sp³-hybridized carbons (Fsp3) is 0. The minimum Gasteiger partial charge on any atom is -0.507 e. The van der Waals surface area contributed by atoms with Crippen LogP contribution in [0.4, 0.5) is 0 Å². The van der Waals surface area contributed by atoms with Crippen LogP contribution in [0.2, 0.25) is 0 Å². The van der Waals surface area contributed by atoms with Gasteiger partial charge in [-0.25, -0.2) is 4.79 Å². The lowest BCUT2D eigenvalue weighted by Crippen LogP contribution is -2.24. The number of hydrogen-bond acceptors (Lipinski definition) is 4. The lowest BCUT2D eigenvalue weighted by atomic mass is 9.95. The second kappa shape index (κ2) is 5.35. The van der Waals surface area contributed by atoms with Gasteiger partial charge in [0.05, 0.1) is 5.56 Å². The molecule has 3 aromatic rings. The van der Waals surface area contributed by atoms with Crippen LogP contribution in [0.1, 0.15) is 15.9 Å². The zero-order valence-corrected chi connectivity index (χ0v) is 12.5. The van der Waals surface area contributed by atoms with E-state index >= 15 is 0 Å². The molecular weight excluding hydrogens is 304 g/mol. The van der Waals surface area contributed by atoms with E-state index in [0.29, 0.717) is 11.1 Å². The third-order valence-electron chi connectivity index (χ3n) is 4.04. The van der Waals surface area contributed by atoms with Crippen molar-refractivity contribution in [3.8, 4) is 11.5 Å². The Bertz CT molecular complexity index is 1030. The molecule has 4 heteroatoms. The van der Waals surface area contributed by atoms with Crippen molar-refractivity contribution in [2.24, 2.45) is 0 Å². The average Bonchev–Trinajstić information content (AvgIpc) is 2.60. The summed E-state index contributed by atoms with van der Waals surface area (Å²) in [7, 11) is 0. The highest BCUT2D eigenvalue weighted by atomic mass is 16.5. The fourth-order valence-corrected chi connectivity index (χ4v) is 2.84. The Morgan fingerprint density at radius 3 is 2.50 bits per heavy atom. The monoisotopic (exact) mass is 316 g/mol. The number of carbonyl (C=O) groups excluding carboxylic acids is 2. The number of fused-ring (bicyclic) bond motifs is 2. The van der Waals surface area contributed by atoms with Gasteiger partial charge in [-0.2, -0.15) is 0 Å². The predicted molar refractivity (Wildman–Crippen MR) is 90.0 cm³/mol. The summed E-state index contributed by atoms with van der Waals surface area (Å²) in [6.45, 7) is 0. The van der Waals surface area contributed by atoms with Crippen LogP contribution in [0.25, 0.3) is 16.8 Å². The maximum absolute atomic E-state index is 12.6. The minimum atomic E-state index is -0.717. The Kier molecular flexibility index (Phi) is 3.17. The van der Waals surface area contributed by atoms with Crippen molar-refractivity contribution >= 4 is 28.6 Å². The Balaban J connectivity index is 1.92. The first kappa shape index (κ1) is 14.2. The first-order valence-corrected chi connectivity index (χ1v) is 7.43. The van der Waals surface area contributed by atoms with E-state index in [1.807, 2.05) is 24.3 Å². The number of hydrogen-bond donors (Lipinski definition) is 1. The molecule has 0 saturated carbocycles.